The topological polar surface area (TPSA) is 83.6 Å². The lowest BCUT2D eigenvalue weighted by Crippen LogP contribution is -2.07. The first-order valence-corrected chi connectivity index (χ1v) is 7.13. The number of hydrogen-bond acceptors (Lipinski definition) is 6. The minimum atomic E-state index is 0.465. The van der Waals surface area contributed by atoms with Crippen LogP contribution in [0.3, 0.4) is 0 Å². The summed E-state index contributed by atoms with van der Waals surface area (Å²) in [6, 6.07) is 14.6. The Morgan fingerprint density at radius 2 is 1.17 bits per heavy atom. The Morgan fingerprint density at radius 1 is 0.739 bits per heavy atom. The van der Waals surface area contributed by atoms with Crippen LogP contribution in [-0.2, 0) is 0 Å². The van der Waals surface area contributed by atoms with Crippen LogP contribution < -0.4 is 9.47 Å². The number of benzene rings is 2. The van der Waals surface area contributed by atoms with Crippen LogP contribution in [0.25, 0.3) is 0 Å². The minimum Gasteiger partial charge on any atom is -0.493 e. The predicted molar refractivity (Wildman–Crippen MR) is 87.3 cm³/mol. The lowest BCUT2D eigenvalue weighted by Gasteiger charge is -2.10. The smallest absolute Gasteiger partial charge is 0.128 e. The highest BCUT2D eigenvalue weighted by Crippen LogP contribution is 2.17. The third kappa shape index (κ3) is 5.03. The van der Waals surface area contributed by atoms with E-state index in [1.54, 1.807) is 12.1 Å². The van der Waals surface area contributed by atoms with E-state index in [-0.39, 0.29) is 0 Å². The molecule has 0 amide bonds. The molecule has 23 heavy (non-hydrogen) atoms. The molecule has 0 spiro atoms. The molecule has 0 aliphatic heterocycles. The molecule has 0 saturated carbocycles. The Labute approximate surface area is 134 Å². The van der Waals surface area contributed by atoms with Crippen molar-refractivity contribution >= 4 is 12.4 Å². The van der Waals surface area contributed by atoms with Crippen molar-refractivity contribution < 1.29 is 19.9 Å². The molecular weight excluding hydrogens is 296 g/mol. The van der Waals surface area contributed by atoms with Crippen molar-refractivity contribution in [2.45, 2.75) is 6.42 Å². The van der Waals surface area contributed by atoms with E-state index in [0.29, 0.717) is 42.3 Å². The van der Waals surface area contributed by atoms with Gasteiger partial charge in [-0.25, -0.2) is 0 Å². The van der Waals surface area contributed by atoms with Crippen molar-refractivity contribution in [2.75, 3.05) is 13.2 Å². The summed E-state index contributed by atoms with van der Waals surface area (Å²) >= 11 is 0. The van der Waals surface area contributed by atoms with Crippen LogP contribution in [0.1, 0.15) is 17.5 Å². The molecule has 6 heteroatoms. The summed E-state index contributed by atoms with van der Waals surface area (Å²) < 4.78 is 11.3. The summed E-state index contributed by atoms with van der Waals surface area (Å²) in [6.07, 6.45) is 3.34. The molecular formula is C17H18N2O4. The quantitative estimate of drug-likeness (QED) is 0.339. The third-order valence-electron chi connectivity index (χ3n) is 3.04. The van der Waals surface area contributed by atoms with Gasteiger partial charge < -0.3 is 19.9 Å². The number of oxime groups is 2. The van der Waals surface area contributed by atoms with Gasteiger partial charge in [-0.15, -0.1) is 0 Å². The molecule has 0 atom stereocenters. The van der Waals surface area contributed by atoms with Crippen molar-refractivity contribution in [2.24, 2.45) is 10.3 Å². The van der Waals surface area contributed by atoms with Gasteiger partial charge in [0.05, 0.1) is 25.6 Å². The molecule has 0 radical (unpaired) electrons. The molecule has 0 saturated heterocycles. The van der Waals surface area contributed by atoms with E-state index >= 15 is 0 Å². The molecule has 2 aromatic carbocycles. The van der Waals surface area contributed by atoms with Gasteiger partial charge in [-0.2, -0.15) is 0 Å². The van der Waals surface area contributed by atoms with E-state index in [1.807, 2.05) is 36.4 Å². The molecule has 0 aliphatic carbocycles. The van der Waals surface area contributed by atoms with Gasteiger partial charge >= 0.3 is 0 Å². The van der Waals surface area contributed by atoms with Gasteiger partial charge in [0.2, 0.25) is 0 Å². The normalized spacial score (nSPS) is 11.1. The van der Waals surface area contributed by atoms with Crippen LogP contribution in [0.5, 0.6) is 11.5 Å². The lowest BCUT2D eigenvalue weighted by molar-refractivity contribution is 0.247. The average molecular weight is 314 g/mol. The Bertz CT molecular complexity index is 614. The zero-order valence-corrected chi connectivity index (χ0v) is 12.5. The molecule has 0 heterocycles. The molecule has 0 aliphatic rings. The Balaban J connectivity index is 1.81. The van der Waals surface area contributed by atoms with Crippen molar-refractivity contribution in [1.29, 1.82) is 0 Å². The summed E-state index contributed by atoms with van der Waals surface area (Å²) in [7, 11) is 0. The van der Waals surface area contributed by atoms with Crippen LogP contribution in [-0.4, -0.2) is 36.1 Å². The average Bonchev–Trinajstić information content (AvgIpc) is 2.58. The zero-order chi connectivity index (χ0) is 16.3. The first-order valence-electron chi connectivity index (χ1n) is 7.13. The fourth-order valence-corrected chi connectivity index (χ4v) is 1.98. The molecule has 6 nitrogen and oxygen atoms in total. The van der Waals surface area contributed by atoms with E-state index < -0.39 is 0 Å². The van der Waals surface area contributed by atoms with Crippen LogP contribution in [0.2, 0.25) is 0 Å². The van der Waals surface area contributed by atoms with Crippen LogP contribution in [0.4, 0.5) is 0 Å². The number of ether oxygens (including phenoxy) is 2. The maximum Gasteiger partial charge on any atom is 0.128 e. The molecule has 0 fully saturated rings. The molecule has 0 unspecified atom stereocenters. The van der Waals surface area contributed by atoms with E-state index in [2.05, 4.69) is 10.3 Å². The summed E-state index contributed by atoms with van der Waals surface area (Å²) in [5.74, 6) is 1.30. The number of nitrogens with zero attached hydrogens (tertiary/aromatic N) is 2. The van der Waals surface area contributed by atoms with Gasteiger partial charge in [0.15, 0.2) is 0 Å². The van der Waals surface area contributed by atoms with Gasteiger partial charge in [-0.1, -0.05) is 34.6 Å². The van der Waals surface area contributed by atoms with Crippen molar-refractivity contribution in [3.8, 4) is 11.5 Å². The largest absolute Gasteiger partial charge is 0.493 e. The highest BCUT2D eigenvalue weighted by molar-refractivity contribution is 5.83. The fourth-order valence-electron chi connectivity index (χ4n) is 1.98. The summed E-state index contributed by atoms with van der Waals surface area (Å²) in [6.45, 7) is 0.930. The first-order chi connectivity index (χ1) is 11.3. The van der Waals surface area contributed by atoms with E-state index in [0.717, 1.165) is 0 Å². The van der Waals surface area contributed by atoms with Gasteiger partial charge in [-0.05, 0) is 24.3 Å². The first kappa shape index (κ1) is 16.4. The molecule has 2 rings (SSSR count). The molecule has 0 aromatic heterocycles. The second-order valence-electron chi connectivity index (χ2n) is 4.62. The minimum absolute atomic E-state index is 0.465. The number of para-hydroxylation sites is 2. The maximum atomic E-state index is 8.62. The van der Waals surface area contributed by atoms with Gasteiger partial charge in [-0.3, -0.25) is 0 Å². The second kappa shape index (κ2) is 9.09. The van der Waals surface area contributed by atoms with Gasteiger partial charge in [0, 0.05) is 17.5 Å². The summed E-state index contributed by atoms with van der Waals surface area (Å²) in [5, 5.41) is 23.3. The predicted octanol–water partition coefficient (Wildman–Crippen LogP) is 3.15. The van der Waals surface area contributed by atoms with Crippen LogP contribution in [0, 0.1) is 0 Å². The SMILES string of the molecule is O/N=C\c1ccccc1OCCCOc1ccccc1/C=N\O. The highest BCUT2D eigenvalue weighted by Gasteiger charge is 2.02. The maximum absolute atomic E-state index is 8.62. The molecule has 2 N–H and O–H groups in total. The molecule has 0 bridgehead atoms. The van der Waals surface area contributed by atoms with Crippen molar-refractivity contribution in [1.82, 2.24) is 0 Å². The fraction of sp³-hybridized carbons (Fsp3) is 0.176. The van der Waals surface area contributed by atoms with E-state index in [4.69, 9.17) is 19.9 Å². The van der Waals surface area contributed by atoms with Crippen molar-refractivity contribution in [3.05, 3.63) is 59.7 Å². The zero-order valence-electron chi connectivity index (χ0n) is 12.5. The third-order valence-corrected chi connectivity index (χ3v) is 3.04. The summed E-state index contributed by atoms with van der Waals surface area (Å²) in [4.78, 5) is 0. The second-order valence-corrected chi connectivity index (χ2v) is 4.62. The Morgan fingerprint density at radius 3 is 1.61 bits per heavy atom. The monoisotopic (exact) mass is 314 g/mol. The van der Waals surface area contributed by atoms with Gasteiger partial charge in [0.1, 0.15) is 11.5 Å². The Hall–Kier alpha value is -3.02. The number of hydrogen-bond donors (Lipinski definition) is 2. The molecule has 2 aromatic rings. The van der Waals surface area contributed by atoms with Crippen LogP contribution in [0.15, 0.2) is 58.8 Å². The highest BCUT2D eigenvalue weighted by atomic mass is 16.5. The summed E-state index contributed by atoms with van der Waals surface area (Å²) in [5.41, 5.74) is 1.42. The van der Waals surface area contributed by atoms with E-state index in [9.17, 15) is 0 Å². The lowest BCUT2D eigenvalue weighted by atomic mass is 10.2. The number of rotatable bonds is 8. The van der Waals surface area contributed by atoms with E-state index in [1.165, 1.54) is 12.4 Å². The standard InChI is InChI=1S/C17H18N2O4/c20-18-12-14-6-1-3-8-16(14)22-10-5-11-23-17-9-4-2-7-15(17)13-19-21/h1-4,6-9,12-13,20-21H,5,10-11H2/b18-12-,19-13-. The van der Waals surface area contributed by atoms with Gasteiger partial charge in [0.25, 0.3) is 0 Å². The van der Waals surface area contributed by atoms with Crippen molar-refractivity contribution in [3.63, 3.8) is 0 Å². The van der Waals surface area contributed by atoms with Crippen LogP contribution >= 0.6 is 0 Å². The Kier molecular flexibility index (Phi) is 6.46. The molecule has 120 valence electrons.